The van der Waals surface area contributed by atoms with Crippen molar-refractivity contribution < 1.29 is 8.42 Å². The summed E-state index contributed by atoms with van der Waals surface area (Å²) in [7, 11) is -3.23. The number of nitrogens with one attached hydrogen (secondary N) is 4. The van der Waals surface area contributed by atoms with E-state index in [4.69, 9.17) is 4.98 Å². The molecule has 6 rings (SSSR count). The quantitative estimate of drug-likeness (QED) is 0.433. The molecule has 174 valence electrons. The molecule has 4 N–H and O–H groups in total. The van der Waals surface area contributed by atoms with Gasteiger partial charge in [0.05, 0.1) is 5.52 Å². The number of H-pyrrole nitrogens is 1. The van der Waals surface area contributed by atoms with E-state index < -0.39 is 10.0 Å². The number of aromatic amines is 1. The fraction of sp³-hybridized carbons (Fsp3) is 0.500. The van der Waals surface area contributed by atoms with Gasteiger partial charge in [-0.25, -0.2) is 13.4 Å². The lowest BCUT2D eigenvalue weighted by atomic mass is 9.99. The van der Waals surface area contributed by atoms with Crippen molar-refractivity contribution >= 4 is 38.4 Å². The monoisotopic (exact) mass is 468 g/mol. The van der Waals surface area contributed by atoms with Crippen molar-refractivity contribution in [3.05, 3.63) is 36.2 Å². The SMILES string of the molecule is Cc1cc(Nc2cc3ncccc3c(NC3C[C@H]4CC[C@@H](C3)N4S(=O)(=O)C3CNC3)n2)n[nH]1. The summed E-state index contributed by atoms with van der Waals surface area (Å²) >= 11 is 0. The Bertz CT molecular complexity index is 1270. The maximum Gasteiger partial charge on any atom is 0.220 e. The van der Waals surface area contributed by atoms with Crippen molar-refractivity contribution in [3.63, 3.8) is 0 Å². The van der Waals surface area contributed by atoms with E-state index in [1.165, 1.54) is 0 Å². The number of nitrogens with zero attached hydrogens (tertiary/aromatic N) is 4. The van der Waals surface area contributed by atoms with Crippen molar-refractivity contribution in [3.8, 4) is 0 Å². The van der Waals surface area contributed by atoms with Gasteiger partial charge in [-0.3, -0.25) is 10.1 Å². The first-order valence-corrected chi connectivity index (χ1v) is 13.0. The molecule has 33 heavy (non-hydrogen) atoms. The lowest BCUT2D eigenvalue weighted by Crippen LogP contribution is -2.60. The van der Waals surface area contributed by atoms with Crippen LogP contribution in [-0.2, 0) is 10.0 Å². The Labute approximate surface area is 192 Å². The molecule has 0 spiro atoms. The van der Waals surface area contributed by atoms with Gasteiger partial charge in [-0.1, -0.05) is 0 Å². The van der Waals surface area contributed by atoms with Crippen LogP contribution in [0.2, 0.25) is 0 Å². The molecule has 3 aliphatic heterocycles. The highest BCUT2D eigenvalue weighted by atomic mass is 32.2. The average molecular weight is 469 g/mol. The first kappa shape index (κ1) is 20.8. The van der Waals surface area contributed by atoms with Crippen molar-refractivity contribution in [2.75, 3.05) is 23.7 Å². The van der Waals surface area contributed by atoms with Crippen LogP contribution < -0.4 is 16.0 Å². The molecule has 2 bridgehead atoms. The van der Waals surface area contributed by atoms with Crippen LogP contribution in [-0.4, -0.2) is 69.4 Å². The Hall–Kier alpha value is -2.76. The van der Waals surface area contributed by atoms with Crippen LogP contribution in [0.4, 0.5) is 17.5 Å². The van der Waals surface area contributed by atoms with Crippen molar-refractivity contribution in [2.24, 2.45) is 0 Å². The van der Waals surface area contributed by atoms with Crippen LogP contribution in [0.1, 0.15) is 31.4 Å². The molecule has 3 saturated heterocycles. The normalized spacial score (nSPS) is 25.8. The number of anilines is 3. The smallest absolute Gasteiger partial charge is 0.220 e. The van der Waals surface area contributed by atoms with E-state index in [1.54, 1.807) is 6.20 Å². The van der Waals surface area contributed by atoms with E-state index in [2.05, 4.69) is 31.1 Å². The molecular weight excluding hydrogens is 440 g/mol. The largest absolute Gasteiger partial charge is 0.367 e. The highest BCUT2D eigenvalue weighted by molar-refractivity contribution is 7.89. The Balaban J connectivity index is 1.25. The number of sulfonamides is 1. The van der Waals surface area contributed by atoms with E-state index in [0.717, 1.165) is 48.1 Å². The van der Waals surface area contributed by atoms with Gasteiger partial charge in [-0.15, -0.1) is 0 Å². The molecule has 0 aromatic carbocycles. The number of piperidine rings is 1. The summed E-state index contributed by atoms with van der Waals surface area (Å²) in [5, 5.41) is 17.8. The van der Waals surface area contributed by atoms with Gasteiger partial charge in [-0.05, 0) is 44.7 Å². The highest BCUT2D eigenvalue weighted by Gasteiger charge is 2.50. The minimum atomic E-state index is -3.23. The predicted octanol–water partition coefficient (Wildman–Crippen LogP) is 2.11. The molecule has 3 aliphatic rings. The summed E-state index contributed by atoms with van der Waals surface area (Å²) in [4.78, 5) is 9.35. The number of hydrogen-bond donors (Lipinski definition) is 4. The topological polar surface area (TPSA) is 128 Å². The zero-order valence-corrected chi connectivity index (χ0v) is 19.3. The van der Waals surface area contributed by atoms with Crippen LogP contribution in [0.25, 0.3) is 10.9 Å². The average Bonchev–Trinajstić information content (AvgIpc) is 3.27. The number of fused-ring (bicyclic) bond motifs is 3. The number of hydrogen-bond acceptors (Lipinski definition) is 8. The molecule has 0 radical (unpaired) electrons. The number of aryl methyl sites for hydroxylation is 1. The maximum absolute atomic E-state index is 13.1. The van der Waals surface area contributed by atoms with Gasteiger partial charge in [0.1, 0.15) is 16.9 Å². The molecule has 0 aliphatic carbocycles. The minimum Gasteiger partial charge on any atom is -0.367 e. The van der Waals surface area contributed by atoms with Gasteiger partial charge in [0.2, 0.25) is 10.0 Å². The Morgan fingerprint density at radius 3 is 2.58 bits per heavy atom. The summed E-state index contributed by atoms with van der Waals surface area (Å²) in [6.07, 6.45) is 5.20. The molecule has 1 unspecified atom stereocenters. The second-order valence-electron chi connectivity index (χ2n) is 9.34. The first-order valence-electron chi connectivity index (χ1n) is 11.5. The third-order valence-corrected chi connectivity index (χ3v) is 9.39. The van der Waals surface area contributed by atoms with Crippen molar-refractivity contribution in [1.29, 1.82) is 0 Å². The molecule has 0 amide bonds. The Morgan fingerprint density at radius 1 is 1.12 bits per heavy atom. The highest BCUT2D eigenvalue weighted by Crippen LogP contribution is 2.40. The van der Waals surface area contributed by atoms with E-state index in [9.17, 15) is 8.42 Å². The molecular formula is C22H28N8O2S. The second kappa shape index (κ2) is 7.93. The zero-order chi connectivity index (χ0) is 22.6. The summed E-state index contributed by atoms with van der Waals surface area (Å²) in [6, 6.07) is 8.03. The summed E-state index contributed by atoms with van der Waals surface area (Å²) in [6.45, 7) is 3.08. The van der Waals surface area contributed by atoms with E-state index in [-0.39, 0.29) is 23.4 Å². The third kappa shape index (κ3) is 3.73. The van der Waals surface area contributed by atoms with Crippen LogP contribution >= 0.6 is 0 Å². The standard InChI is InChI=1S/C22H28N8O2S/c1-13-7-21(29-28-13)26-20-10-19-18(3-2-6-24-19)22(27-20)25-14-8-15-4-5-16(9-14)30(15)33(31,32)17-11-23-12-17/h2-3,6-7,10,14-17,23H,4-5,8-9,11-12H2,1H3,(H3,25,26,27,28,29)/t14?,15-,16+. The molecule has 10 nitrogen and oxygen atoms in total. The summed E-state index contributed by atoms with van der Waals surface area (Å²) in [5.74, 6) is 2.12. The van der Waals surface area contributed by atoms with E-state index >= 15 is 0 Å². The molecule has 6 heterocycles. The summed E-state index contributed by atoms with van der Waals surface area (Å²) in [5.41, 5.74) is 1.80. The van der Waals surface area contributed by atoms with Crippen LogP contribution in [0.5, 0.6) is 0 Å². The fourth-order valence-electron chi connectivity index (χ4n) is 5.37. The number of pyridine rings is 2. The lowest BCUT2D eigenvalue weighted by Gasteiger charge is -2.42. The van der Waals surface area contributed by atoms with Gasteiger partial charge in [0, 0.05) is 60.6 Å². The molecule has 3 aromatic heterocycles. The first-order chi connectivity index (χ1) is 16.0. The van der Waals surface area contributed by atoms with E-state index in [0.29, 0.717) is 24.7 Å². The van der Waals surface area contributed by atoms with Gasteiger partial charge >= 0.3 is 0 Å². The van der Waals surface area contributed by atoms with Crippen molar-refractivity contribution in [1.82, 2.24) is 29.8 Å². The molecule has 3 aromatic rings. The summed E-state index contributed by atoms with van der Waals surface area (Å²) < 4.78 is 28.1. The van der Waals surface area contributed by atoms with Gasteiger partial charge < -0.3 is 16.0 Å². The minimum absolute atomic E-state index is 0.0598. The third-order valence-electron chi connectivity index (χ3n) is 7.03. The van der Waals surface area contributed by atoms with E-state index in [1.807, 2.05) is 35.5 Å². The Kier molecular flexibility index (Phi) is 5.00. The van der Waals surface area contributed by atoms with Crippen LogP contribution in [0.3, 0.4) is 0 Å². The maximum atomic E-state index is 13.1. The van der Waals surface area contributed by atoms with Crippen LogP contribution in [0.15, 0.2) is 30.5 Å². The van der Waals surface area contributed by atoms with Crippen LogP contribution in [0, 0.1) is 6.92 Å². The molecule has 11 heteroatoms. The second-order valence-corrected chi connectivity index (χ2v) is 11.5. The fourth-order valence-corrected chi connectivity index (χ4v) is 7.58. The Morgan fingerprint density at radius 2 is 1.91 bits per heavy atom. The van der Waals surface area contributed by atoms with Gasteiger partial charge in [0.25, 0.3) is 0 Å². The lowest BCUT2D eigenvalue weighted by molar-refractivity contribution is 0.229. The van der Waals surface area contributed by atoms with Gasteiger partial charge in [0.15, 0.2) is 5.82 Å². The van der Waals surface area contributed by atoms with Gasteiger partial charge in [-0.2, -0.15) is 9.40 Å². The molecule has 3 atom stereocenters. The molecule has 0 saturated carbocycles. The van der Waals surface area contributed by atoms with Crippen molar-refractivity contribution in [2.45, 2.75) is 56.0 Å². The zero-order valence-electron chi connectivity index (χ0n) is 18.5. The number of aromatic nitrogens is 4. The number of rotatable bonds is 6. The molecule has 3 fully saturated rings. The predicted molar refractivity (Wildman–Crippen MR) is 127 cm³/mol.